The van der Waals surface area contributed by atoms with Gasteiger partial charge in [0.15, 0.2) is 0 Å². The molecule has 0 aliphatic heterocycles. The number of thioether (sulfide) groups is 1. The summed E-state index contributed by atoms with van der Waals surface area (Å²) in [4.78, 5) is 2.11. The molecule has 0 atom stereocenters. The summed E-state index contributed by atoms with van der Waals surface area (Å²) in [5.74, 6) is 0.950. The number of amidine groups is 1. The Morgan fingerprint density at radius 1 is 1.18 bits per heavy atom. The molecule has 1 aromatic carbocycles. The number of nitrogens with zero attached hydrogens (tertiary/aromatic N) is 3. The van der Waals surface area contributed by atoms with Gasteiger partial charge in [-0.1, -0.05) is 65.3 Å². The molecule has 0 radical (unpaired) electrons. The van der Waals surface area contributed by atoms with Gasteiger partial charge in [-0.25, -0.2) is 0 Å². The van der Waals surface area contributed by atoms with Crippen LogP contribution < -0.4 is 0 Å². The summed E-state index contributed by atoms with van der Waals surface area (Å²) in [5, 5.41) is 18.8. The zero-order chi connectivity index (χ0) is 21.9. The van der Waals surface area contributed by atoms with Gasteiger partial charge in [-0.2, -0.15) is 5.10 Å². The van der Waals surface area contributed by atoms with Crippen molar-refractivity contribution in [2.75, 3.05) is 6.54 Å². The Morgan fingerprint density at radius 3 is 2.11 bits per heavy atom. The largest absolute Gasteiger partial charge is 0.323 e. The highest BCUT2D eigenvalue weighted by Gasteiger charge is 2.24. The van der Waals surface area contributed by atoms with Crippen molar-refractivity contribution in [3.63, 3.8) is 0 Å². The number of rotatable bonds is 8. The Hall–Kier alpha value is -1.59. The number of nitrogens with one attached hydrogen (secondary N) is 1. The summed E-state index contributed by atoms with van der Waals surface area (Å²) in [7, 11) is 0. The van der Waals surface area contributed by atoms with E-state index in [9.17, 15) is 0 Å². The second-order valence-corrected chi connectivity index (χ2v) is 8.46. The predicted molar refractivity (Wildman–Crippen MR) is 129 cm³/mol. The molecule has 0 saturated heterocycles. The minimum absolute atomic E-state index is 0.179. The molecule has 0 aliphatic carbocycles. The van der Waals surface area contributed by atoms with Crippen LogP contribution in [0.15, 0.2) is 45.1 Å². The average molecular weight is 423 g/mol. The van der Waals surface area contributed by atoms with Crippen molar-refractivity contribution in [1.29, 1.82) is 5.41 Å². The molecular formula is C22H35ClN4S. The van der Waals surface area contributed by atoms with Gasteiger partial charge in [-0.05, 0) is 37.5 Å². The van der Waals surface area contributed by atoms with E-state index in [1.54, 1.807) is 11.8 Å². The molecule has 4 nitrogen and oxygen atoms in total. The summed E-state index contributed by atoms with van der Waals surface area (Å²) in [6.07, 6.45) is 0. The fourth-order valence-corrected chi connectivity index (χ4v) is 4.01. The van der Waals surface area contributed by atoms with Crippen molar-refractivity contribution in [2.45, 2.75) is 60.6 Å². The summed E-state index contributed by atoms with van der Waals surface area (Å²) >= 11 is 7.76. The monoisotopic (exact) mass is 422 g/mol. The van der Waals surface area contributed by atoms with E-state index in [1.165, 1.54) is 0 Å². The maximum Gasteiger partial charge on any atom is 0.129 e. The Balaban J connectivity index is 0.00000352. The van der Waals surface area contributed by atoms with E-state index in [1.807, 2.05) is 45.0 Å². The number of hydrogen-bond donors (Lipinski definition) is 1. The molecule has 6 heteroatoms. The third kappa shape index (κ3) is 7.80. The molecule has 1 rings (SSSR count). The van der Waals surface area contributed by atoms with E-state index in [0.29, 0.717) is 16.0 Å². The fraction of sp³-hybridized carbons (Fsp3) is 0.500. The van der Waals surface area contributed by atoms with E-state index in [-0.39, 0.29) is 5.92 Å². The number of benzene rings is 1. The number of halogens is 1. The summed E-state index contributed by atoms with van der Waals surface area (Å²) in [5.41, 5.74) is 2.36. The summed E-state index contributed by atoms with van der Waals surface area (Å²) in [6, 6.07) is 7.44. The molecule has 0 spiro atoms. The lowest BCUT2D eigenvalue weighted by Crippen LogP contribution is -2.30. The normalized spacial score (nSPS) is 12.3. The zero-order valence-electron chi connectivity index (χ0n) is 18.5. The average Bonchev–Trinajstić information content (AvgIpc) is 2.64. The molecule has 0 heterocycles. The predicted octanol–water partition coefficient (Wildman–Crippen LogP) is 7.10. The van der Waals surface area contributed by atoms with Crippen molar-refractivity contribution >= 4 is 41.6 Å². The standard InChI is InChI=1S/C20H29ClN4S.C2H6/c1-8-25(15(6)24-23-7)20(26-14(4)5)18(13(2)3)19(22)16-9-11-17(21)12-10-16;1-2/h9-14,22H,7-8H2,1-6H3;1-2H3/b20-18+,22-19?,24-15-;. The number of hydrogen-bond acceptors (Lipinski definition) is 4. The molecule has 1 aromatic rings. The molecule has 0 saturated carbocycles. The van der Waals surface area contributed by atoms with Crippen molar-refractivity contribution in [3.8, 4) is 0 Å². The van der Waals surface area contributed by atoms with Crippen LogP contribution >= 0.6 is 23.4 Å². The summed E-state index contributed by atoms with van der Waals surface area (Å²) < 4.78 is 0. The van der Waals surface area contributed by atoms with Gasteiger partial charge in [0, 0.05) is 29.1 Å². The second-order valence-electron chi connectivity index (χ2n) is 6.45. The van der Waals surface area contributed by atoms with Gasteiger partial charge in [-0.3, -0.25) is 5.41 Å². The van der Waals surface area contributed by atoms with Gasteiger partial charge in [0.1, 0.15) is 5.84 Å². The quantitative estimate of drug-likeness (QED) is 0.276. The van der Waals surface area contributed by atoms with Crippen LogP contribution in [0.5, 0.6) is 0 Å². The topological polar surface area (TPSA) is 51.8 Å². The Labute approximate surface area is 180 Å². The molecular weight excluding hydrogens is 388 g/mol. The maximum absolute atomic E-state index is 8.86. The highest BCUT2D eigenvalue weighted by Crippen LogP contribution is 2.33. The molecule has 0 fully saturated rings. The lowest BCUT2D eigenvalue weighted by atomic mass is 9.94. The van der Waals surface area contributed by atoms with E-state index in [0.717, 1.165) is 28.5 Å². The summed E-state index contributed by atoms with van der Waals surface area (Å²) in [6.45, 7) is 20.7. The first kappa shape index (κ1) is 26.4. The van der Waals surface area contributed by atoms with Crippen LogP contribution in [-0.4, -0.2) is 35.0 Å². The first-order valence-corrected chi connectivity index (χ1v) is 11.0. The smallest absolute Gasteiger partial charge is 0.129 e. The zero-order valence-corrected chi connectivity index (χ0v) is 20.1. The SMILES string of the molecule is C=N/N=C(/C)N(CC)/C(SC(C)C)=C(\C(=N)c1ccc(Cl)cc1)C(C)C.CC. The third-order valence-electron chi connectivity index (χ3n) is 3.72. The highest BCUT2D eigenvalue weighted by atomic mass is 35.5. The highest BCUT2D eigenvalue weighted by molar-refractivity contribution is 8.03. The van der Waals surface area contributed by atoms with Gasteiger partial charge in [0.25, 0.3) is 0 Å². The molecule has 156 valence electrons. The van der Waals surface area contributed by atoms with Crippen LogP contribution in [0.3, 0.4) is 0 Å². The van der Waals surface area contributed by atoms with Gasteiger partial charge < -0.3 is 4.90 Å². The lowest BCUT2D eigenvalue weighted by molar-refractivity contribution is 0.558. The van der Waals surface area contributed by atoms with Crippen molar-refractivity contribution < 1.29 is 0 Å². The van der Waals surface area contributed by atoms with Crippen LogP contribution in [0.2, 0.25) is 5.02 Å². The third-order valence-corrected chi connectivity index (χ3v) is 5.11. The molecule has 0 unspecified atom stereocenters. The van der Waals surface area contributed by atoms with Crippen molar-refractivity contribution in [1.82, 2.24) is 4.90 Å². The Kier molecular flexibility index (Phi) is 12.8. The van der Waals surface area contributed by atoms with E-state index < -0.39 is 0 Å². The van der Waals surface area contributed by atoms with Crippen LogP contribution in [0.1, 0.15) is 61.0 Å². The van der Waals surface area contributed by atoms with Crippen LogP contribution in [0.25, 0.3) is 0 Å². The van der Waals surface area contributed by atoms with Gasteiger partial charge in [-0.15, -0.1) is 16.9 Å². The first-order chi connectivity index (χ1) is 13.2. The van der Waals surface area contributed by atoms with Crippen molar-refractivity contribution in [3.05, 3.63) is 45.5 Å². The van der Waals surface area contributed by atoms with Gasteiger partial charge >= 0.3 is 0 Å². The maximum atomic E-state index is 8.86. The van der Waals surface area contributed by atoms with Gasteiger partial charge in [0.2, 0.25) is 0 Å². The molecule has 0 aliphatic rings. The lowest BCUT2D eigenvalue weighted by Gasteiger charge is -2.30. The van der Waals surface area contributed by atoms with Crippen LogP contribution in [0.4, 0.5) is 0 Å². The first-order valence-electron chi connectivity index (χ1n) is 9.76. The van der Waals surface area contributed by atoms with Crippen LogP contribution in [0, 0.1) is 11.3 Å². The molecule has 0 amide bonds. The molecule has 0 aromatic heterocycles. The van der Waals surface area contributed by atoms with E-state index in [2.05, 4.69) is 56.4 Å². The minimum atomic E-state index is 0.179. The minimum Gasteiger partial charge on any atom is -0.323 e. The Morgan fingerprint density at radius 2 is 1.71 bits per heavy atom. The van der Waals surface area contributed by atoms with Crippen LogP contribution in [-0.2, 0) is 0 Å². The molecule has 0 bridgehead atoms. The second kappa shape index (κ2) is 13.6. The number of allylic oxidation sites excluding steroid dienone is 1. The van der Waals surface area contributed by atoms with Gasteiger partial charge in [0.05, 0.1) is 10.7 Å². The molecule has 28 heavy (non-hydrogen) atoms. The fourth-order valence-electron chi connectivity index (χ4n) is 2.59. The van der Waals surface area contributed by atoms with E-state index in [4.69, 9.17) is 17.0 Å². The Bertz CT molecular complexity index is 691. The molecule has 1 N–H and O–H groups in total. The van der Waals surface area contributed by atoms with Crippen molar-refractivity contribution in [2.24, 2.45) is 16.1 Å². The van der Waals surface area contributed by atoms with E-state index >= 15 is 0 Å².